The van der Waals surface area contributed by atoms with E-state index >= 15 is 0 Å². The van der Waals surface area contributed by atoms with Gasteiger partial charge in [-0.3, -0.25) is 14.0 Å². The highest BCUT2D eigenvalue weighted by molar-refractivity contribution is 6.23. The van der Waals surface area contributed by atoms with Gasteiger partial charge < -0.3 is 4.90 Å². The molecule has 0 radical (unpaired) electrons. The van der Waals surface area contributed by atoms with Crippen molar-refractivity contribution in [3.05, 3.63) is 106 Å². The fourth-order valence-electron chi connectivity index (χ4n) is 4.66. The molecule has 6 aromatic rings. The Labute approximate surface area is 195 Å². The lowest BCUT2D eigenvalue weighted by atomic mass is 9.95. The van der Waals surface area contributed by atoms with Crippen LogP contribution >= 0.6 is 0 Å². The number of hydrogen-bond acceptors (Lipinski definition) is 4. The second-order valence-corrected chi connectivity index (χ2v) is 8.64. The Morgan fingerprint density at radius 2 is 1.62 bits per heavy atom. The van der Waals surface area contributed by atoms with Crippen molar-refractivity contribution in [1.82, 2.24) is 9.38 Å². The molecule has 5 nitrogen and oxygen atoms in total. The van der Waals surface area contributed by atoms with Crippen LogP contribution in [0.25, 0.3) is 44.3 Å². The summed E-state index contributed by atoms with van der Waals surface area (Å²) in [4.78, 5) is 33.4. The van der Waals surface area contributed by atoms with Crippen LogP contribution in [0, 0.1) is 0 Å². The number of hydrogen-bond donors (Lipinski definition) is 0. The first-order chi connectivity index (χ1) is 16.5. The van der Waals surface area contributed by atoms with Gasteiger partial charge in [-0.15, -0.1) is 0 Å². The molecule has 5 heteroatoms. The number of nitrogens with zero attached hydrogens (tertiary/aromatic N) is 3. The van der Waals surface area contributed by atoms with E-state index in [-0.39, 0.29) is 11.3 Å². The SMILES string of the molecule is CN(C)c1ccc(C=CC(=O)c2ccc3c(=O)n4c5ccccc5nc4c4cccc2c34)cc1. The molecular weight excluding hydrogens is 422 g/mol. The normalized spacial score (nSPS) is 11.9. The zero-order valence-corrected chi connectivity index (χ0v) is 18.8. The second-order valence-electron chi connectivity index (χ2n) is 8.64. The van der Waals surface area contributed by atoms with Crippen LogP contribution in [0.3, 0.4) is 0 Å². The van der Waals surface area contributed by atoms with E-state index in [1.54, 1.807) is 22.6 Å². The standard InChI is InChI=1S/C29H21N3O2/c1-31(2)19-13-10-18(11-14-19)12-17-26(33)20-15-16-23-27-21(20)6-5-7-22(27)28-30-24-8-3-4-9-25(24)32(28)29(23)34/h3-17H,1-2H3. The molecule has 4 aromatic carbocycles. The molecule has 0 saturated heterocycles. The number of carbonyl (C=O) groups is 1. The van der Waals surface area contributed by atoms with Gasteiger partial charge in [0.05, 0.1) is 11.0 Å². The number of benzene rings is 4. The van der Waals surface area contributed by atoms with Crippen molar-refractivity contribution in [2.45, 2.75) is 0 Å². The Morgan fingerprint density at radius 3 is 2.41 bits per heavy atom. The lowest BCUT2D eigenvalue weighted by Crippen LogP contribution is -2.13. The minimum atomic E-state index is -0.122. The van der Waals surface area contributed by atoms with Crippen LogP contribution < -0.4 is 10.5 Å². The van der Waals surface area contributed by atoms with Gasteiger partial charge in [-0.2, -0.15) is 0 Å². The highest BCUT2D eigenvalue weighted by Gasteiger charge is 2.18. The zero-order valence-electron chi connectivity index (χ0n) is 18.8. The highest BCUT2D eigenvalue weighted by atomic mass is 16.1. The number of allylic oxidation sites excluding steroid dienone is 1. The van der Waals surface area contributed by atoms with E-state index in [1.807, 2.05) is 91.8 Å². The molecule has 0 spiro atoms. The summed E-state index contributed by atoms with van der Waals surface area (Å²) in [5.74, 6) is -0.105. The minimum absolute atomic E-state index is 0.105. The third-order valence-corrected chi connectivity index (χ3v) is 6.38. The van der Waals surface area contributed by atoms with Gasteiger partial charge in [-0.1, -0.05) is 48.5 Å². The van der Waals surface area contributed by atoms with Gasteiger partial charge in [0.25, 0.3) is 5.56 Å². The molecule has 6 rings (SSSR count). The summed E-state index contributed by atoms with van der Waals surface area (Å²) >= 11 is 0. The summed E-state index contributed by atoms with van der Waals surface area (Å²) in [6, 6.07) is 24.9. The number of pyridine rings is 1. The largest absolute Gasteiger partial charge is 0.378 e. The third kappa shape index (κ3) is 2.98. The molecule has 0 bridgehead atoms. The number of rotatable bonds is 4. The molecule has 0 N–H and O–H groups in total. The molecule has 0 aliphatic rings. The summed E-state index contributed by atoms with van der Waals surface area (Å²) in [5.41, 5.74) is 4.67. The van der Waals surface area contributed by atoms with Gasteiger partial charge in [0, 0.05) is 41.5 Å². The zero-order chi connectivity index (χ0) is 23.4. The molecular formula is C29H21N3O2. The van der Waals surface area contributed by atoms with E-state index in [4.69, 9.17) is 4.98 Å². The molecule has 34 heavy (non-hydrogen) atoms. The predicted octanol–water partition coefficient (Wildman–Crippen LogP) is 5.55. The van der Waals surface area contributed by atoms with Crippen molar-refractivity contribution in [2.75, 3.05) is 19.0 Å². The van der Waals surface area contributed by atoms with Crippen molar-refractivity contribution in [3.8, 4) is 0 Å². The number of para-hydroxylation sites is 2. The topological polar surface area (TPSA) is 54.7 Å². The summed E-state index contributed by atoms with van der Waals surface area (Å²) in [6.45, 7) is 0. The molecule has 0 unspecified atom stereocenters. The molecule has 0 aliphatic carbocycles. The monoisotopic (exact) mass is 443 g/mol. The van der Waals surface area contributed by atoms with E-state index in [0.717, 1.165) is 38.4 Å². The predicted molar refractivity (Wildman–Crippen MR) is 139 cm³/mol. The van der Waals surface area contributed by atoms with E-state index in [2.05, 4.69) is 0 Å². The lowest BCUT2D eigenvalue weighted by Gasteiger charge is -2.11. The van der Waals surface area contributed by atoms with Gasteiger partial charge in [0.1, 0.15) is 5.65 Å². The summed E-state index contributed by atoms with van der Waals surface area (Å²) in [6.07, 6.45) is 3.41. The van der Waals surface area contributed by atoms with Crippen LogP contribution in [-0.4, -0.2) is 29.3 Å². The van der Waals surface area contributed by atoms with Crippen molar-refractivity contribution < 1.29 is 4.79 Å². The number of aromatic nitrogens is 2. The first-order valence-electron chi connectivity index (χ1n) is 11.1. The van der Waals surface area contributed by atoms with Gasteiger partial charge in [0.15, 0.2) is 5.78 Å². The average molecular weight is 444 g/mol. The minimum Gasteiger partial charge on any atom is -0.378 e. The molecule has 0 saturated carbocycles. The van der Waals surface area contributed by atoms with Crippen LogP contribution in [-0.2, 0) is 0 Å². The number of carbonyl (C=O) groups excluding carboxylic acids is 1. The molecule has 164 valence electrons. The molecule has 0 fully saturated rings. The molecule has 2 aromatic heterocycles. The summed E-state index contributed by atoms with van der Waals surface area (Å²) < 4.78 is 1.67. The average Bonchev–Trinajstić information content (AvgIpc) is 3.26. The molecule has 0 aliphatic heterocycles. The smallest absolute Gasteiger partial charge is 0.264 e. The van der Waals surface area contributed by atoms with Gasteiger partial charge in [-0.25, -0.2) is 4.98 Å². The fraction of sp³-hybridized carbons (Fsp3) is 0.0690. The second kappa shape index (κ2) is 7.52. The summed E-state index contributed by atoms with van der Waals surface area (Å²) in [7, 11) is 3.98. The number of fused-ring (bicyclic) bond motifs is 4. The molecule has 0 amide bonds. The Kier molecular flexibility index (Phi) is 4.45. The van der Waals surface area contributed by atoms with Crippen LogP contribution in [0.15, 0.2) is 89.7 Å². The van der Waals surface area contributed by atoms with Crippen molar-refractivity contribution in [2.24, 2.45) is 0 Å². The fourth-order valence-corrected chi connectivity index (χ4v) is 4.66. The van der Waals surface area contributed by atoms with Crippen molar-refractivity contribution in [3.63, 3.8) is 0 Å². The van der Waals surface area contributed by atoms with E-state index in [1.165, 1.54) is 0 Å². The Morgan fingerprint density at radius 1 is 0.853 bits per heavy atom. The maximum absolute atomic E-state index is 13.5. The Hall–Kier alpha value is -4.51. The summed E-state index contributed by atoms with van der Waals surface area (Å²) in [5, 5.41) is 2.99. The maximum Gasteiger partial charge on any atom is 0.264 e. The lowest BCUT2D eigenvalue weighted by molar-refractivity contribution is 0.104. The van der Waals surface area contributed by atoms with Gasteiger partial charge in [-0.05, 0) is 53.4 Å². The maximum atomic E-state index is 13.5. The van der Waals surface area contributed by atoms with E-state index in [9.17, 15) is 9.59 Å². The van der Waals surface area contributed by atoms with Crippen LogP contribution in [0.4, 0.5) is 5.69 Å². The quantitative estimate of drug-likeness (QED) is 0.265. The highest BCUT2D eigenvalue weighted by Crippen LogP contribution is 2.32. The Balaban J connectivity index is 1.51. The number of imidazole rings is 1. The first-order valence-corrected chi connectivity index (χ1v) is 11.1. The van der Waals surface area contributed by atoms with Crippen molar-refractivity contribution >= 4 is 55.8 Å². The van der Waals surface area contributed by atoms with E-state index < -0.39 is 0 Å². The first kappa shape index (κ1) is 20.1. The molecule has 2 heterocycles. The van der Waals surface area contributed by atoms with Crippen LogP contribution in [0.5, 0.6) is 0 Å². The van der Waals surface area contributed by atoms with E-state index in [0.29, 0.717) is 16.6 Å². The Bertz CT molecular complexity index is 1810. The number of ketones is 1. The van der Waals surface area contributed by atoms with Gasteiger partial charge in [0.2, 0.25) is 0 Å². The van der Waals surface area contributed by atoms with Crippen molar-refractivity contribution in [1.29, 1.82) is 0 Å². The molecule has 0 atom stereocenters. The number of anilines is 1. The third-order valence-electron chi connectivity index (χ3n) is 6.38. The van der Waals surface area contributed by atoms with Crippen LogP contribution in [0.1, 0.15) is 15.9 Å². The van der Waals surface area contributed by atoms with Gasteiger partial charge >= 0.3 is 0 Å². The van der Waals surface area contributed by atoms with Crippen LogP contribution in [0.2, 0.25) is 0 Å².